The average molecular weight is 259 g/mol. The minimum Gasteiger partial charge on any atom is -0.309 e. The Morgan fingerprint density at radius 3 is 2.37 bits per heavy atom. The highest BCUT2D eigenvalue weighted by molar-refractivity contribution is 6.09. The van der Waals surface area contributed by atoms with Crippen molar-refractivity contribution in [3.05, 3.63) is 70.3 Å². The van der Waals surface area contributed by atoms with Crippen LogP contribution in [0.2, 0.25) is 0 Å². The van der Waals surface area contributed by atoms with E-state index < -0.39 is 11.6 Å². The number of halogens is 2. The van der Waals surface area contributed by atoms with Crippen LogP contribution in [0.3, 0.4) is 0 Å². The molecule has 1 aliphatic heterocycles. The summed E-state index contributed by atoms with van der Waals surface area (Å²) < 4.78 is 26.0. The maximum absolute atomic E-state index is 13.1. The van der Waals surface area contributed by atoms with Crippen LogP contribution in [0.4, 0.5) is 8.78 Å². The maximum atomic E-state index is 13.1. The average Bonchev–Trinajstić information content (AvgIpc) is 2.88. The molecule has 1 aliphatic rings. The van der Waals surface area contributed by atoms with Crippen LogP contribution in [0.15, 0.2) is 36.4 Å². The van der Waals surface area contributed by atoms with Crippen LogP contribution >= 0.6 is 0 Å². The zero-order valence-corrected chi connectivity index (χ0v) is 10.0. The van der Waals surface area contributed by atoms with Crippen molar-refractivity contribution in [3.63, 3.8) is 0 Å². The van der Waals surface area contributed by atoms with Crippen LogP contribution in [0.1, 0.15) is 27.0 Å². The van der Waals surface area contributed by atoms with Gasteiger partial charge in [0.2, 0.25) is 0 Å². The van der Waals surface area contributed by atoms with Gasteiger partial charge in [0.1, 0.15) is 0 Å². The summed E-state index contributed by atoms with van der Waals surface area (Å²) in [7, 11) is 0. The topological polar surface area (TPSA) is 29.1 Å². The lowest BCUT2D eigenvalue weighted by atomic mass is 9.99. The summed E-state index contributed by atoms with van der Waals surface area (Å²) in [5.41, 5.74) is 2.90. The third kappa shape index (κ3) is 2.15. The molecule has 0 atom stereocenters. The number of carbonyl (C=O) groups excluding carboxylic acids is 1. The van der Waals surface area contributed by atoms with Gasteiger partial charge in [-0.05, 0) is 35.4 Å². The lowest BCUT2D eigenvalue weighted by Gasteiger charge is -2.04. The third-order valence-corrected chi connectivity index (χ3v) is 3.28. The molecule has 0 fully saturated rings. The van der Waals surface area contributed by atoms with Crippen molar-refractivity contribution in [1.82, 2.24) is 5.32 Å². The zero-order chi connectivity index (χ0) is 13.4. The largest absolute Gasteiger partial charge is 0.309 e. The van der Waals surface area contributed by atoms with Crippen molar-refractivity contribution in [2.45, 2.75) is 13.1 Å². The first-order chi connectivity index (χ1) is 9.15. The molecule has 4 heteroatoms. The molecule has 0 spiro atoms. The van der Waals surface area contributed by atoms with E-state index in [2.05, 4.69) is 5.32 Å². The Balaban J connectivity index is 1.97. The molecule has 0 amide bonds. The molecule has 1 N–H and O–H groups in total. The fraction of sp³-hybridized carbons (Fsp3) is 0.133. The van der Waals surface area contributed by atoms with Crippen molar-refractivity contribution in [3.8, 4) is 0 Å². The predicted molar refractivity (Wildman–Crippen MR) is 66.8 cm³/mol. The third-order valence-electron chi connectivity index (χ3n) is 3.28. The normalized spacial score (nSPS) is 13.4. The molecule has 0 bridgehead atoms. The van der Waals surface area contributed by atoms with Gasteiger partial charge in [0, 0.05) is 24.2 Å². The van der Waals surface area contributed by atoms with Crippen molar-refractivity contribution >= 4 is 5.78 Å². The van der Waals surface area contributed by atoms with Gasteiger partial charge in [-0.2, -0.15) is 0 Å². The van der Waals surface area contributed by atoms with Gasteiger partial charge >= 0.3 is 0 Å². The first-order valence-corrected chi connectivity index (χ1v) is 5.97. The second-order valence-corrected chi connectivity index (χ2v) is 4.55. The summed E-state index contributed by atoms with van der Waals surface area (Å²) in [6, 6.07) is 8.61. The van der Waals surface area contributed by atoms with E-state index >= 15 is 0 Å². The molecule has 2 nitrogen and oxygen atoms in total. The number of benzene rings is 2. The minimum absolute atomic E-state index is 0.157. The number of ketones is 1. The van der Waals surface area contributed by atoms with Crippen LogP contribution in [0.25, 0.3) is 0 Å². The molecular weight excluding hydrogens is 248 g/mol. The number of fused-ring (bicyclic) bond motifs is 1. The van der Waals surface area contributed by atoms with Crippen LogP contribution in [0.5, 0.6) is 0 Å². The van der Waals surface area contributed by atoms with Crippen LogP contribution in [-0.4, -0.2) is 5.78 Å². The molecule has 0 saturated carbocycles. The number of hydrogen-bond donors (Lipinski definition) is 1. The van der Waals surface area contributed by atoms with Crippen LogP contribution < -0.4 is 5.32 Å². The Labute approximate surface area is 109 Å². The second kappa shape index (κ2) is 4.55. The highest BCUT2D eigenvalue weighted by Crippen LogP contribution is 2.20. The van der Waals surface area contributed by atoms with Gasteiger partial charge in [-0.15, -0.1) is 0 Å². The number of hydrogen-bond acceptors (Lipinski definition) is 2. The number of nitrogens with one attached hydrogen (secondary N) is 1. The standard InChI is InChI=1S/C15H11F2NO/c16-13-4-3-10(6-14(13)17)15(19)9-1-2-11-7-18-8-12(11)5-9/h1-6,18H,7-8H2. The fourth-order valence-corrected chi connectivity index (χ4v) is 2.24. The van der Waals surface area contributed by atoms with E-state index in [1.807, 2.05) is 6.07 Å². The first kappa shape index (κ1) is 12.0. The molecule has 19 heavy (non-hydrogen) atoms. The van der Waals surface area contributed by atoms with E-state index in [9.17, 15) is 13.6 Å². The Kier molecular flexibility index (Phi) is 2.87. The number of rotatable bonds is 2. The lowest BCUT2D eigenvalue weighted by molar-refractivity contribution is 0.103. The maximum Gasteiger partial charge on any atom is 0.193 e. The van der Waals surface area contributed by atoms with Gasteiger partial charge in [-0.1, -0.05) is 12.1 Å². The smallest absolute Gasteiger partial charge is 0.193 e. The summed E-state index contributed by atoms with van der Waals surface area (Å²) in [5, 5.41) is 3.19. The van der Waals surface area contributed by atoms with Gasteiger partial charge < -0.3 is 5.32 Å². The quantitative estimate of drug-likeness (QED) is 0.840. The summed E-state index contributed by atoms with van der Waals surface area (Å²) >= 11 is 0. The summed E-state index contributed by atoms with van der Waals surface area (Å²) in [4.78, 5) is 12.2. The molecule has 0 saturated heterocycles. The SMILES string of the molecule is O=C(c1ccc(F)c(F)c1)c1ccc2c(c1)CNC2. The molecule has 1 heterocycles. The summed E-state index contributed by atoms with van der Waals surface area (Å²) in [6.45, 7) is 1.53. The molecule has 0 aromatic heterocycles. The van der Waals surface area contributed by atoms with E-state index in [0.717, 1.165) is 30.8 Å². The molecule has 0 unspecified atom stereocenters. The van der Waals surface area contributed by atoms with E-state index in [1.54, 1.807) is 12.1 Å². The van der Waals surface area contributed by atoms with Gasteiger partial charge in [0.15, 0.2) is 17.4 Å². The van der Waals surface area contributed by atoms with Crippen molar-refractivity contribution < 1.29 is 13.6 Å². The Morgan fingerprint density at radius 2 is 1.58 bits per heavy atom. The molecule has 2 aromatic carbocycles. The lowest BCUT2D eigenvalue weighted by Crippen LogP contribution is -2.03. The van der Waals surface area contributed by atoms with Gasteiger partial charge in [0.05, 0.1) is 0 Å². The molecular formula is C15H11F2NO. The van der Waals surface area contributed by atoms with Crippen LogP contribution in [0, 0.1) is 11.6 Å². The Hall–Kier alpha value is -2.07. The van der Waals surface area contributed by atoms with E-state index in [1.165, 1.54) is 11.6 Å². The predicted octanol–water partition coefficient (Wildman–Crippen LogP) is 2.80. The summed E-state index contributed by atoms with van der Waals surface area (Å²) in [5.74, 6) is -2.25. The number of carbonyl (C=O) groups is 1. The van der Waals surface area contributed by atoms with Crippen molar-refractivity contribution in [2.24, 2.45) is 0 Å². The second-order valence-electron chi connectivity index (χ2n) is 4.55. The molecule has 96 valence electrons. The molecule has 0 aliphatic carbocycles. The van der Waals surface area contributed by atoms with Gasteiger partial charge in [0.25, 0.3) is 0 Å². The van der Waals surface area contributed by atoms with Gasteiger partial charge in [-0.25, -0.2) is 8.78 Å². The van der Waals surface area contributed by atoms with Crippen LogP contribution in [-0.2, 0) is 13.1 Å². The zero-order valence-electron chi connectivity index (χ0n) is 10.0. The molecule has 2 aromatic rings. The Morgan fingerprint density at radius 1 is 0.895 bits per heavy atom. The molecule has 3 rings (SSSR count). The summed E-state index contributed by atoms with van der Waals surface area (Å²) in [6.07, 6.45) is 0. The Bertz CT molecular complexity index is 667. The first-order valence-electron chi connectivity index (χ1n) is 5.97. The van der Waals surface area contributed by atoms with E-state index in [0.29, 0.717) is 5.56 Å². The van der Waals surface area contributed by atoms with E-state index in [4.69, 9.17) is 0 Å². The fourth-order valence-electron chi connectivity index (χ4n) is 2.24. The minimum atomic E-state index is -1.01. The molecule has 0 radical (unpaired) electrons. The highest BCUT2D eigenvalue weighted by atomic mass is 19.2. The van der Waals surface area contributed by atoms with Crippen molar-refractivity contribution in [2.75, 3.05) is 0 Å². The monoisotopic (exact) mass is 259 g/mol. The van der Waals surface area contributed by atoms with E-state index in [-0.39, 0.29) is 11.3 Å². The van der Waals surface area contributed by atoms with Crippen molar-refractivity contribution in [1.29, 1.82) is 0 Å². The highest BCUT2D eigenvalue weighted by Gasteiger charge is 2.16. The van der Waals surface area contributed by atoms with Gasteiger partial charge in [-0.3, -0.25) is 4.79 Å².